The normalized spacial score (nSPS) is 11.0. The molecule has 0 aliphatic carbocycles. The molecule has 0 bridgehead atoms. The van der Waals surface area contributed by atoms with Crippen molar-refractivity contribution in [3.8, 4) is 6.07 Å². The van der Waals surface area contributed by atoms with Crippen LogP contribution in [0.4, 0.5) is 5.69 Å². The summed E-state index contributed by atoms with van der Waals surface area (Å²) in [5, 5.41) is 27.1. The number of hydrogen-bond donors (Lipinski definition) is 2. The Morgan fingerprint density at radius 1 is 1.18 bits per heavy atom. The van der Waals surface area contributed by atoms with E-state index in [4.69, 9.17) is 10.2 Å². The molecule has 0 spiro atoms. The van der Waals surface area contributed by atoms with Crippen molar-refractivity contribution in [3.63, 3.8) is 0 Å². The molecule has 1 aromatic carbocycles. The van der Waals surface area contributed by atoms with Crippen LogP contribution in [-0.2, 0) is 4.79 Å². The van der Waals surface area contributed by atoms with Crippen LogP contribution in [0.5, 0.6) is 0 Å². The highest BCUT2D eigenvalue weighted by Gasteiger charge is 2.17. The van der Waals surface area contributed by atoms with Crippen molar-refractivity contribution in [1.82, 2.24) is 4.90 Å². The van der Waals surface area contributed by atoms with Crippen molar-refractivity contribution < 1.29 is 15.0 Å². The first kappa shape index (κ1) is 17.7. The van der Waals surface area contributed by atoms with E-state index in [0.717, 1.165) is 11.3 Å². The third kappa shape index (κ3) is 4.88. The minimum atomic E-state index is -0.498. The van der Waals surface area contributed by atoms with Gasteiger partial charge in [-0.1, -0.05) is 12.1 Å². The fourth-order valence-electron chi connectivity index (χ4n) is 1.90. The van der Waals surface area contributed by atoms with Crippen LogP contribution < -0.4 is 4.90 Å². The van der Waals surface area contributed by atoms with Crippen molar-refractivity contribution in [2.75, 3.05) is 45.3 Å². The monoisotopic (exact) mass is 303 g/mol. The average Bonchev–Trinajstić information content (AvgIpc) is 2.52. The molecule has 6 nitrogen and oxygen atoms in total. The summed E-state index contributed by atoms with van der Waals surface area (Å²) in [6, 6.07) is 9.31. The molecule has 0 unspecified atom stereocenters. The predicted octanol–water partition coefficient (Wildman–Crippen LogP) is 0.473. The SMILES string of the molecule is CN(C)c1ccc(/C=C(\C#N)C(=O)N(CCO)CCO)cc1. The molecular formula is C16H21N3O3. The maximum Gasteiger partial charge on any atom is 0.264 e. The minimum Gasteiger partial charge on any atom is -0.395 e. The summed E-state index contributed by atoms with van der Waals surface area (Å²) in [5.41, 5.74) is 1.73. The maximum absolute atomic E-state index is 12.2. The number of nitrogens with zero attached hydrogens (tertiary/aromatic N) is 3. The molecule has 0 radical (unpaired) electrons. The van der Waals surface area contributed by atoms with E-state index in [-0.39, 0.29) is 31.9 Å². The molecule has 1 aromatic rings. The number of rotatable bonds is 7. The first-order chi connectivity index (χ1) is 10.5. The van der Waals surface area contributed by atoms with Gasteiger partial charge in [0, 0.05) is 32.9 Å². The second-order valence-corrected chi connectivity index (χ2v) is 4.90. The zero-order chi connectivity index (χ0) is 16.5. The molecule has 0 heterocycles. The van der Waals surface area contributed by atoms with Gasteiger partial charge in [0.25, 0.3) is 5.91 Å². The Balaban J connectivity index is 2.98. The van der Waals surface area contributed by atoms with Crippen molar-refractivity contribution in [2.45, 2.75) is 0 Å². The summed E-state index contributed by atoms with van der Waals surface area (Å²) in [6.45, 7) is -0.278. The summed E-state index contributed by atoms with van der Waals surface area (Å²) < 4.78 is 0. The van der Waals surface area contributed by atoms with Gasteiger partial charge in [0.15, 0.2) is 0 Å². The van der Waals surface area contributed by atoms with E-state index in [1.807, 2.05) is 49.3 Å². The third-order valence-electron chi connectivity index (χ3n) is 3.10. The van der Waals surface area contributed by atoms with Crippen molar-refractivity contribution >= 4 is 17.7 Å². The number of benzene rings is 1. The van der Waals surface area contributed by atoms with Crippen molar-refractivity contribution in [2.24, 2.45) is 0 Å². The van der Waals surface area contributed by atoms with E-state index in [9.17, 15) is 10.1 Å². The lowest BCUT2D eigenvalue weighted by Gasteiger charge is -2.20. The van der Waals surface area contributed by atoms with Crippen LogP contribution in [0.1, 0.15) is 5.56 Å². The van der Waals surface area contributed by atoms with Gasteiger partial charge in [0.05, 0.1) is 13.2 Å². The number of carbonyl (C=O) groups is 1. The van der Waals surface area contributed by atoms with Gasteiger partial charge in [-0.2, -0.15) is 5.26 Å². The smallest absolute Gasteiger partial charge is 0.264 e. The number of anilines is 1. The summed E-state index contributed by atoms with van der Waals surface area (Å²) in [4.78, 5) is 15.4. The molecule has 0 saturated carbocycles. The maximum atomic E-state index is 12.2. The molecule has 118 valence electrons. The standard InChI is InChI=1S/C16H21N3O3/c1-18(2)15-5-3-13(4-6-15)11-14(12-17)16(22)19(7-9-20)8-10-21/h3-6,11,20-21H,7-10H2,1-2H3/b14-11+. The van der Waals surface area contributed by atoms with Gasteiger partial charge in [-0.25, -0.2) is 0 Å². The number of amides is 1. The molecule has 1 rings (SSSR count). The lowest BCUT2D eigenvalue weighted by Crippen LogP contribution is -2.36. The number of nitriles is 1. The Kier molecular flexibility index (Phi) is 7.09. The fourth-order valence-corrected chi connectivity index (χ4v) is 1.90. The fraction of sp³-hybridized carbons (Fsp3) is 0.375. The first-order valence-electron chi connectivity index (χ1n) is 6.93. The van der Waals surface area contributed by atoms with E-state index >= 15 is 0 Å². The Bertz CT molecular complexity index is 553. The summed E-state index contributed by atoms with van der Waals surface area (Å²) in [6.07, 6.45) is 1.50. The lowest BCUT2D eigenvalue weighted by molar-refractivity contribution is -0.127. The third-order valence-corrected chi connectivity index (χ3v) is 3.10. The molecule has 2 N–H and O–H groups in total. The second kappa shape index (κ2) is 8.82. The molecule has 0 aliphatic rings. The van der Waals surface area contributed by atoms with Crippen molar-refractivity contribution in [1.29, 1.82) is 5.26 Å². The number of hydrogen-bond acceptors (Lipinski definition) is 5. The van der Waals surface area contributed by atoms with Crippen LogP contribution in [0.2, 0.25) is 0 Å². The van der Waals surface area contributed by atoms with E-state index in [1.165, 1.54) is 11.0 Å². The van der Waals surface area contributed by atoms with Gasteiger partial charge < -0.3 is 20.0 Å². The number of aliphatic hydroxyl groups is 2. The molecular weight excluding hydrogens is 282 g/mol. The molecule has 0 saturated heterocycles. The number of carbonyl (C=O) groups excluding carboxylic acids is 1. The highest BCUT2D eigenvalue weighted by molar-refractivity contribution is 6.01. The summed E-state index contributed by atoms with van der Waals surface area (Å²) >= 11 is 0. The predicted molar refractivity (Wildman–Crippen MR) is 85.1 cm³/mol. The topological polar surface area (TPSA) is 87.8 Å². The van der Waals surface area contributed by atoms with Crippen molar-refractivity contribution in [3.05, 3.63) is 35.4 Å². The highest BCUT2D eigenvalue weighted by atomic mass is 16.3. The van der Waals surface area contributed by atoms with Crippen LogP contribution in [0, 0.1) is 11.3 Å². The number of aliphatic hydroxyl groups excluding tert-OH is 2. The van der Waals surface area contributed by atoms with Crippen LogP contribution >= 0.6 is 0 Å². The Morgan fingerprint density at radius 3 is 2.14 bits per heavy atom. The van der Waals surface area contributed by atoms with E-state index in [2.05, 4.69) is 0 Å². The quantitative estimate of drug-likeness (QED) is 0.565. The molecule has 0 aliphatic heterocycles. The zero-order valence-electron chi connectivity index (χ0n) is 12.9. The summed E-state index contributed by atoms with van der Waals surface area (Å²) in [5.74, 6) is -0.498. The molecule has 1 amide bonds. The molecule has 0 fully saturated rings. The molecule has 0 atom stereocenters. The highest BCUT2D eigenvalue weighted by Crippen LogP contribution is 2.15. The molecule has 6 heteroatoms. The van der Waals surface area contributed by atoms with Crippen LogP contribution in [0.25, 0.3) is 6.08 Å². The van der Waals surface area contributed by atoms with Gasteiger partial charge in [0.1, 0.15) is 11.6 Å². The average molecular weight is 303 g/mol. The Hall–Kier alpha value is -2.36. The molecule has 0 aromatic heterocycles. The van der Waals surface area contributed by atoms with Crippen LogP contribution in [0.3, 0.4) is 0 Å². The first-order valence-corrected chi connectivity index (χ1v) is 6.93. The minimum absolute atomic E-state index is 0.0282. The van der Waals surface area contributed by atoms with Crippen LogP contribution in [-0.4, -0.2) is 61.4 Å². The zero-order valence-corrected chi connectivity index (χ0v) is 12.9. The van der Waals surface area contributed by atoms with E-state index in [0.29, 0.717) is 0 Å². The van der Waals surface area contributed by atoms with E-state index < -0.39 is 5.91 Å². The second-order valence-electron chi connectivity index (χ2n) is 4.90. The van der Waals surface area contributed by atoms with Gasteiger partial charge in [0.2, 0.25) is 0 Å². The largest absolute Gasteiger partial charge is 0.395 e. The van der Waals surface area contributed by atoms with Gasteiger partial charge >= 0.3 is 0 Å². The molecule has 22 heavy (non-hydrogen) atoms. The van der Waals surface area contributed by atoms with Gasteiger partial charge in [-0.3, -0.25) is 4.79 Å². The van der Waals surface area contributed by atoms with E-state index in [1.54, 1.807) is 0 Å². The Morgan fingerprint density at radius 2 is 1.73 bits per heavy atom. The summed E-state index contributed by atoms with van der Waals surface area (Å²) in [7, 11) is 3.85. The lowest BCUT2D eigenvalue weighted by atomic mass is 10.1. The Labute approximate surface area is 130 Å². The van der Waals surface area contributed by atoms with Gasteiger partial charge in [-0.15, -0.1) is 0 Å². The van der Waals surface area contributed by atoms with Gasteiger partial charge in [-0.05, 0) is 23.8 Å². The van der Waals surface area contributed by atoms with Crippen LogP contribution in [0.15, 0.2) is 29.8 Å².